The SMILES string of the molecule is Cc1ccc(N(CCCN2CC3CN(C(=O)c4c(C)ncnc4C)CC3C2)C(=O)Nc2cccc(C(=O)O)c2)cc1Cl. The zero-order valence-corrected chi connectivity index (χ0v) is 24.8. The highest BCUT2D eigenvalue weighted by atomic mass is 35.5. The summed E-state index contributed by atoms with van der Waals surface area (Å²) < 4.78 is 0. The lowest BCUT2D eigenvalue weighted by atomic mass is 10.0. The molecule has 2 atom stereocenters. The first-order valence-corrected chi connectivity index (χ1v) is 14.5. The topological polar surface area (TPSA) is 119 Å². The zero-order valence-electron chi connectivity index (χ0n) is 24.0. The van der Waals surface area contributed by atoms with Gasteiger partial charge in [-0.2, -0.15) is 0 Å². The molecule has 2 aliphatic rings. The van der Waals surface area contributed by atoms with Crippen LogP contribution in [0.3, 0.4) is 0 Å². The van der Waals surface area contributed by atoms with Crippen molar-refractivity contribution < 1.29 is 19.5 Å². The third-order valence-electron chi connectivity index (χ3n) is 8.22. The van der Waals surface area contributed by atoms with Crippen LogP contribution in [0.15, 0.2) is 48.8 Å². The third-order valence-corrected chi connectivity index (χ3v) is 8.63. The van der Waals surface area contributed by atoms with Gasteiger partial charge in [-0.05, 0) is 81.5 Å². The quantitative estimate of drug-likeness (QED) is 0.383. The highest BCUT2D eigenvalue weighted by Gasteiger charge is 2.42. The summed E-state index contributed by atoms with van der Waals surface area (Å²) in [6.07, 6.45) is 2.23. The predicted octanol–water partition coefficient (Wildman–Crippen LogP) is 4.89. The number of benzene rings is 2. The van der Waals surface area contributed by atoms with E-state index in [0.29, 0.717) is 51.7 Å². The van der Waals surface area contributed by atoms with Gasteiger partial charge in [-0.25, -0.2) is 19.6 Å². The minimum absolute atomic E-state index is 0.0128. The zero-order chi connectivity index (χ0) is 30.0. The monoisotopic (exact) mass is 590 g/mol. The van der Waals surface area contributed by atoms with Crippen molar-refractivity contribution in [3.05, 3.63) is 81.9 Å². The van der Waals surface area contributed by atoms with Crippen molar-refractivity contribution in [2.45, 2.75) is 27.2 Å². The number of carboxylic acid groups (broad SMARTS) is 1. The first-order valence-electron chi connectivity index (χ1n) is 14.1. The van der Waals surface area contributed by atoms with E-state index in [0.717, 1.165) is 44.7 Å². The molecule has 10 nitrogen and oxygen atoms in total. The van der Waals surface area contributed by atoms with Gasteiger partial charge in [0.25, 0.3) is 5.91 Å². The summed E-state index contributed by atoms with van der Waals surface area (Å²) in [6.45, 7) is 10.1. The van der Waals surface area contributed by atoms with E-state index in [2.05, 4.69) is 20.2 Å². The van der Waals surface area contributed by atoms with Crippen molar-refractivity contribution in [2.75, 3.05) is 49.5 Å². The van der Waals surface area contributed by atoms with Crippen LogP contribution in [-0.2, 0) is 0 Å². The Balaban J connectivity index is 1.19. The average molecular weight is 591 g/mol. The van der Waals surface area contributed by atoms with E-state index >= 15 is 0 Å². The van der Waals surface area contributed by atoms with Crippen LogP contribution in [-0.4, -0.2) is 82.1 Å². The van der Waals surface area contributed by atoms with E-state index in [9.17, 15) is 19.5 Å². The maximum atomic E-state index is 13.4. The lowest BCUT2D eigenvalue weighted by Gasteiger charge is -2.26. The molecule has 3 aromatic rings. The number of carboxylic acids is 1. The number of anilines is 2. The molecule has 2 unspecified atom stereocenters. The Morgan fingerprint density at radius 2 is 1.69 bits per heavy atom. The molecule has 5 rings (SSSR count). The molecule has 0 saturated carbocycles. The van der Waals surface area contributed by atoms with Crippen LogP contribution >= 0.6 is 11.6 Å². The molecule has 2 saturated heterocycles. The summed E-state index contributed by atoms with van der Waals surface area (Å²) in [7, 11) is 0. The number of aromatic carboxylic acids is 1. The molecule has 3 amide bonds. The summed E-state index contributed by atoms with van der Waals surface area (Å²) >= 11 is 6.39. The second-order valence-electron chi connectivity index (χ2n) is 11.2. The number of likely N-dealkylation sites (tertiary alicyclic amines) is 2. The fourth-order valence-electron chi connectivity index (χ4n) is 5.97. The number of nitrogens with zero attached hydrogens (tertiary/aromatic N) is 5. The summed E-state index contributed by atoms with van der Waals surface area (Å²) in [4.78, 5) is 52.4. The Morgan fingerprint density at radius 3 is 2.33 bits per heavy atom. The second-order valence-corrected chi connectivity index (χ2v) is 11.6. The minimum atomic E-state index is -1.06. The number of carbonyl (C=O) groups is 3. The van der Waals surface area contributed by atoms with Crippen molar-refractivity contribution in [2.24, 2.45) is 11.8 Å². The van der Waals surface area contributed by atoms with Crippen LogP contribution < -0.4 is 10.2 Å². The Labute approximate surface area is 250 Å². The largest absolute Gasteiger partial charge is 0.478 e. The van der Waals surface area contributed by atoms with Crippen LogP contribution in [0.5, 0.6) is 0 Å². The number of rotatable bonds is 8. The van der Waals surface area contributed by atoms with Crippen LogP contribution in [0.25, 0.3) is 0 Å². The van der Waals surface area contributed by atoms with Crippen LogP contribution in [0.4, 0.5) is 16.2 Å². The van der Waals surface area contributed by atoms with Gasteiger partial charge in [-0.1, -0.05) is 23.7 Å². The number of fused-ring (bicyclic) bond motifs is 1. The molecule has 2 aromatic carbocycles. The first-order chi connectivity index (χ1) is 20.1. The van der Waals surface area contributed by atoms with Gasteiger partial charge in [0, 0.05) is 49.1 Å². The molecule has 220 valence electrons. The van der Waals surface area contributed by atoms with Gasteiger partial charge in [0.15, 0.2) is 0 Å². The highest BCUT2D eigenvalue weighted by molar-refractivity contribution is 6.31. The summed E-state index contributed by atoms with van der Waals surface area (Å²) in [5, 5.41) is 12.7. The van der Waals surface area contributed by atoms with E-state index in [4.69, 9.17) is 11.6 Å². The standard InChI is InChI=1S/C31H35ClN6O4/c1-19-8-9-26(13-27(19)32)38(31(42)35-25-7-4-6-22(12-25)30(40)41)11-5-10-36-14-23-16-37(17-24(23)15-36)29(39)28-20(2)33-18-34-21(28)3/h4,6-9,12-13,18,23-24H,5,10-11,14-17H2,1-3H3,(H,35,42)(H,40,41). The number of aryl methyl sites for hydroxylation is 3. The molecular formula is C31H35ClN6O4. The molecule has 0 bridgehead atoms. The van der Waals surface area contributed by atoms with Gasteiger partial charge in [0.2, 0.25) is 0 Å². The molecule has 0 spiro atoms. The van der Waals surface area contributed by atoms with Crippen LogP contribution in [0, 0.1) is 32.6 Å². The number of aromatic nitrogens is 2. The van der Waals surface area contributed by atoms with Crippen molar-refractivity contribution in [1.82, 2.24) is 19.8 Å². The number of nitrogens with one attached hydrogen (secondary N) is 1. The molecule has 2 fully saturated rings. The maximum Gasteiger partial charge on any atom is 0.335 e. The van der Waals surface area contributed by atoms with E-state index in [1.165, 1.54) is 18.5 Å². The first kappa shape index (κ1) is 29.5. The lowest BCUT2D eigenvalue weighted by molar-refractivity contribution is 0.0695. The number of halogens is 1. The Kier molecular flexibility index (Phi) is 8.74. The summed E-state index contributed by atoms with van der Waals surface area (Å²) in [6, 6.07) is 11.3. The molecular weight excluding hydrogens is 556 g/mol. The third kappa shape index (κ3) is 6.39. The Hall–Kier alpha value is -4.02. The Bertz CT molecular complexity index is 1480. The fraction of sp³-hybridized carbons (Fsp3) is 0.387. The number of hydrogen-bond donors (Lipinski definition) is 2. The molecule has 2 N–H and O–H groups in total. The number of urea groups is 1. The van der Waals surface area contributed by atoms with Crippen molar-refractivity contribution in [3.8, 4) is 0 Å². The molecule has 0 aliphatic carbocycles. The number of carbonyl (C=O) groups excluding carboxylic acids is 2. The van der Waals surface area contributed by atoms with Gasteiger partial charge < -0.3 is 20.2 Å². The smallest absolute Gasteiger partial charge is 0.335 e. The molecule has 2 aliphatic heterocycles. The van der Waals surface area contributed by atoms with Crippen molar-refractivity contribution in [3.63, 3.8) is 0 Å². The molecule has 42 heavy (non-hydrogen) atoms. The maximum absolute atomic E-state index is 13.4. The summed E-state index contributed by atoms with van der Waals surface area (Å²) in [5.41, 5.74) is 4.12. The number of hydrogen-bond acceptors (Lipinski definition) is 6. The summed E-state index contributed by atoms with van der Waals surface area (Å²) in [5.74, 6) is -0.221. The van der Waals surface area contributed by atoms with Crippen molar-refractivity contribution in [1.29, 1.82) is 0 Å². The van der Waals surface area contributed by atoms with E-state index in [1.807, 2.05) is 37.8 Å². The van der Waals surface area contributed by atoms with E-state index < -0.39 is 5.97 Å². The van der Waals surface area contributed by atoms with Crippen molar-refractivity contribution >= 4 is 40.9 Å². The van der Waals surface area contributed by atoms with Crippen LogP contribution in [0.1, 0.15) is 44.1 Å². The average Bonchev–Trinajstić information content (AvgIpc) is 3.52. The number of amides is 3. The van der Waals surface area contributed by atoms with Crippen LogP contribution in [0.2, 0.25) is 5.02 Å². The van der Waals surface area contributed by atoms with Gasteiger partial charge in [-0.3, -0.25) is 9.69 Å². The van der Waals surface area contributed by atoms with Gasteiger partial charge in [0.1, 0.15) is 6.33 Å². The fourth-order valence-corrected chi connectivity index (χ4v) is 6.14. The Morgan fingerprint density at radius 1 is 1.00 bits per heavy atom. The molecule has 0 radical (unpaired) electrons. The van der Waals surface area contributed by atoms with E-state index in [1.54, 1.807) is 23.1 Å². The van der Waals surface area contributed by atoms with Gasteiger partial charge in [-0.15, -0.1) is 0 Å². The normalized spacial score (nSPS) is 18.1. The van der Waals surface area contributed by atoms with Gasteiger partial charge in [0.05, 0.1) is 22.5 Å². The minimum Gasteiger partial charge on any atom is -0.478 e. The predicted molar refractivity (Wildman–Crippen MR) is 161 cm³/mol. The second kappa shape index (κ2) is 12.5. The van der Waals surface area contributed by atoms with Gasteiger partial charge >= 0.3 is 12.0 Å². The molecule has 11 heteroatoms. The highest BCUT2D eigenvalue weighted by Crippen LogP contribution is 2.32. The van der Waals surface area contributed by atoms with E-state index in [-0.39, 0.29) is 17.5 Å². The molecule has 3 heterocycles. The lowest BCUT2D eigenvalue weighted by Crippen LogP contribution is -2.38. The molecule has 1 aromatic heterocycles.